The second kappa shape index (κ2) is 9.20. The zero-order valence-corrected chi connectivity index (χ0v) is 17.6. The van der Waals surface area contributed by atoms with Crippen LogP contribution in [0.15, 0.2) is 34.8 Å². The van der Waals surface area contributed by atoms with E-state index < -0.39 is 5.82 Å². The van der Waals surface area contributed by atoms with Crippen LogP contribution in [0, 0.1) is 5.82 Å². The van der Waals surface area contributed by atoms with Gasteiger partial charge < -0.3 is 14.8 Å². The summed E-state index contributed by atoms with van der Waals surface area (Å²) in [5.74, 6) is 1.28. The number of ether oxygens (including phenoxy) is 2. The van der Waals surface area contributed by atoms with Gasteiger partial charge in [0.2, 0.25) is 5.95 Å². The molecule has 0 spiro atoms. The second-order valence-electron chi connectivity index (χ2n) is 5.81. The van der Waals surface area contributed by atoms with Crippen LogP contribution in [0.3, 0.4) is 0 Å². The van der Waals surface area contributed by atoms with Crippen molar-refractivity contribution in [2.75, 3.05) is 12.4 Å². The molecule has 10 heteroatoms. The molecule has 0 fully saturated rings. The lowest BCUT2D eigenvalue weighted by atomic mass is 10.2. The van der Waals surface area contributed by atoms with Gasteiger partial charge in [-0.1, -0.05) is 22.8 Å². The number of rotatable bonds is 8. The van der Waals surface area contributed by atoms with Gasteiger partial charge in [0.25, 0.3) is 0 Å². The summed E-state index contributed by atoms with van der Waals surface area (Å²) < 4.78 is 26.9. The van der Waals surface area contributed by atoms with Gasteiger partial charge in [-0.2, -0.15) is 0 Å². The molecule has 0 saturated carbocycles. The Morgan fingerprint density at radius 1 is 1.29 bits per heavy atom. The van der Waals surface area contributed by atoms with Gasteiger partial charge in [-0.25, -0.2) is 9.07 Å². The Balaban J connectivity index is 1.73. The Kier molecular flexibility index (Phi) is 6.69. The highest BCUT2D eigenvalue weighted by Crippen LogP contribution is 2.37. The van der Waals surface area contributed by atoms with Gasteiger partial charge in [-0.3, -0.25) is 0 Å². The van der Waals surface area contributed by atoms with Crippen LogP contribution in [-0.2, 0) is 19.7 Å². The molecule has 0 radical (unpaired) electrons. The summed E-state index contributed by atoms with van der Waals surface area (Å²) in [6.45, 7) is 3.30. The average Bonchev–Trinajstić information content (AvgIpc) is 3.14. The number of aromatic nitrogens is 4. The van der Waals surface area contributed by atoms with Crippen LogP contribution in [0.25, 0.3) is 0 Å². The molecule has 3 rings (SSSR count). The molecule has 0 atom stereocenters. The summed E-state index contributed by atoms with van der Waals surface area (Å²) in [4.78, 5) is 0. The standard InChI is InChI=1S/C18H18BrClFN5O2/c1-3-26-18(23-24-25-26)22-9-11-6-14(19)17(16(7-11)27-2)28-10-12-4-5-13(21)8-15(12)20/h4-8H,3,9-10H2,1-2H3,(H,22,23,25). The number of tetrazole rings is 1. The zero-order chi connectivity index (χ0) is 20.1. The lowest BCUT2D eigenvalue weighted by Crippen LogP contribution is -2.08. The first kappa shape index (κ1) is 20.3. The first-order valence-corrected chi connectivity index (χ1v) is 9.62. The van der Waals surface area contributed by atoms with Crippen LogP contribution in [-0.4, -0.2) is 27.3 Å². The van der Waals surface area contributed by atoms with Crippen molar-refractivity contribution in [3.63, 3.8) is 0 Å². The van der Waals surface area contributed by atoms with Gasteiger partial charge in [0.05, 0.1) is 16.6 Å². The highest BCUT2D eigenvalue weighted by atomic mass is 79.9. The lowest BCUT2D eigenvalue weighted by Gasteiger charge is -2.15. The first-order chi connectivity index (χ1) is 13.5. The molecule has 0 unspecified atom stereocenters. The fourth-order valence-electron chi connectivity index (χ4n) is 2.53. The largest absolute Gasteiger partial charge is 0.493 e. The fraction of sp³-hybridized carbons (Fsp3) is 0.278. The third-order valence-corrected chi connectivity index (χ3v) is 4.90. The van der Waals surface area contributed by atoms with Crippen LogP contribution in [0.1, 0.15) is 18.1 Å². The van der Waals surface area contributed by atoms with Crippen molar-refractivity contribution in [2.24, 2.45) is 0 Å². The van der Waals surface area contributed by atoms with E-state index in [1.807, 2.05) is 19.1 Å². The average molecular weight is 471 g/mol. The van der Waals surface area contributed by atoms with E-state index in [-0.39, 0.29) is 6.61 Å². The van der Waals surface area contributed by atoms with Crippen LogP contribution in [0.5, 0.6) is 11.5 Å². The molecule has 0 aliphatic rings. The minimum atomic E-state index is -0.390. The molecule has 0 aliphatic carbocycles. The highest BCUT2D eigenvalue weighted by molar-refractivity contribution is 9.10. The van der Waals surface area contributed by atoms with E-state index in [1.165, 1.54) is 12.1 Å². The van der Waals surface area contributed by atoms with E-state index in [4.69, 9.17) is 21.1 Å². The molecule has 0 aliphatic heterocycles. The van der Waals surface area contributed by atoms with Crippen LogP contribution in [0.4, 0.5) is 10.3 Å². The van der Waals surface area contributed by atoms with Crippen molar-refractivity contribution in [3.8, 4) is 11.5 Å². The predicted molar refractivity (Wildman–Crippen MR) is 107 cm³/mol. The monoisotopic (exact) mass is 469 g/mol. The number of nitrogens with one attached hydrogen (secondary N) is 1. The second-order valence-corrected chi connectivity index (χ2v) is 7.07. The smallest absolute Gasteiger partial charge is 0.243 e. The van der Waals surface area contributed by atoms with Gasteiger partial charge in [0, 0.05) is 18.7 Å². The summed E-state index contributed by atoms with van der Waals surface area (Å²) in [5, 5.41) is 15.0. The van der Waals surface area contributed by atoms with Crippen molar-refractivity contribution < 1.29 is 13.9 Å². The molecule has 1 aromatic heterocycles. The topological polar surface area (TPSA) is 74.1 Å². The van der Waals surface area contributed by atoms with Gasteiger partial charge >= 0.3 is 0 Å². The highest BCUT2D eigenvalue weighted by Gasteiger charge is 2.14. The number of hydrogen-bond donors (Lipinski definition) is 1. The molecule has 2 aromatic carbocycles. The maximum Gasteiger partial charge on any atom is 0.243 e. The summed E-state index contributed by atoms with van der Waals surface area (Å²) in [7, 11) is 1.56. The summed E-state index contributed by atoms with van der Waals surface area (Å²) in [6.07, 6.45) is 0. The third kappa shape index (κ3) is 4.71. The van der Waals surface area contributed by atoms with Crippen LogP contribution < -0.4 is 14.8 Å². The normalized spacial score (nSPS) is 10.8. The van der Waals surface area contributed by atoms with Crippen molar-refractivity contribution >= 4 is 33.5 Å². The van der Waals surface area contributed by atoms with Gasteiger partial charge in [0.15, 0.2) is 11.5 Å². The summed E-state index contributed by atoms with van der Waals surface area (Å²) in [6, 6.07) is 7.96. The molecule has 0 amide bonds. The number of aryl methyl sites for hydroxylation is 1. The van der Waals surface area contributed by atoms with Gasteiger partial charge in [-0.15, -0.1) is 0 Å². The SMILES string of the molecule is CCn1nnnc1NCc1cc(Br)c(OCc2ccc(F)cc2Cl)c(OC)c1. The number of anilines is 1. The fourth-order valence-corrected chi connectivity index (χ4v) is 3.36. The lowest BCUT2D eigenvalue weighted by molar-refractivity contribution is 0.282. The third-order valence-electron chi connectivity index (χ3n) is 3.96. The predicted octanol–water partition coefficient (Wildman–Crippen LogP) is 4.45. The van der Waals surface area contributed by atoms with E-state index in [2.05, 4.69) is 36.8 Å². The first-order valence-electron chi connectivity index (χ1n) is 8.45. The number of hydrogen-bond acceptors (Lipinski definition) is 6. The zero-order valence-electron chi connectivity index (χ0n) is 15.2. The molecule has 1 heterocycles. The number of methoxy groups -OCH3 is 1. The Hall–Kier alpha value is -2.39. The minimum Gasteiger partial charge on any atom is -0.493 e. The molecule has 0 saturated heterocycles. The van der Waals surface area contributed by atoms with Crippen LogP contribution >= 0.6 is 27.5 Å². The molecule has 3 aromatic rings. The van der Waals surface area contributed by atoms with E-state index in [0.29, 0.717) is 41.1 Å². The Labute approximate surface area is 174 Å². The number of nitrogens with zero attached hydrogens (tertiary/aromatic N) is 4. The van der Waals surface area contributed by atoms with Gasteiger partial charge in [-0.05, 0) is 63.1 Å². The Bertz CT molecular complexity index is 969. The molecule has 7 nitrogen and oxygen atoms in total. The number of benzene rings is 2. The molecule has 148 valence electrons. The Morgan fingerprint density at radius 2 is 2.11 bits per heavy atom. The van der Waals surface area contributed by atoms with E-state index in [1.54, 1.807) is 17.9 Å². The maximum atomic E-state index is 13.2. The van der Waals surface area contributed by atoms with Crippen molar-refractivity contribution in [1.82, 2.24) is 20.2 Å². The van der Waals surface area contributed by atoms with E-state index in [0.717, 1.165) is 10.0 Å². The van der Waals surface area contributed by atoms with Crippen molar-refractivity contribution in [1.29, 1.82) is 0 Å². The van der Waals surface area contributed by atoms with Crippen molar-refractivity contribution in [2.45, 2.75) is 26.6 Å². The molecule has 0 bridgehead atoms. The van der Waals surface area contributed by atoms with Gasteiger partial charge in [0.1, 0.15) is 12.4 Å². The summed E-state index contributed by atoms with van der Waals surface area (Å²) >= 11 is 9.58. The van der Waals surface area contributed by atoms with Crippen molar-refractivity contribution in [3.05, 3.63) is 56.8 Å². The Morgan fingerprint density at radius 3 is 2.82 bits per heavy atom. The quantitative estimate of drug-likeness (QED) is 0.524. The van der Waals surface area contributed by atoms with E-state index >= 15 is 0 Å². The maximum absolute atomic E-state index is 13.2. The van der Waals surface area contributed by atoms with Crippen LogP contribution in [0.2, 0.25) is 5.02 Å². The number of halogens is 3. The molecule has 28 heavy (non-hydrogen) atoms. The minimum absolute atomic E-state index is 0.178. The molecular weight excluding hydrogens is 453 g/mol. The summed E-state index contributed by atoms with van der Waals surface area (Å²) in [5.41, 5.74) is 1.62. The molecular formula is C18H18BrClFN5O2. The molecule has 1 N–H and O–H groups in total. The van der Waals surface area contributed by atoms with E-state index in [9.17, 15) is 4.39 Å².